The molecule has 6 nitrogen and oxygen atoms in total. The molecule has 0 unspecified atom stereocenters. The highest BCUT2D eigenvalue weighted by Crippen LogP contribution is 2.32. The quantitative estimate of drug-likeness (QED) is 0.827. The van der Waals surface area contributed by atoms with Crippen LogP contribution in [-0.2, 0) is 16.1 Å². The lowest BCUT2D eigenvalue weighted by Gasteiger charge is -2.14. The summed E-state index contributed by atoms with van der Waals surface area (Å²) < 4.78 is 42.4. The van der Waals surface area contributed by atoms with Crippen molar-refractivity contribution in [3.63, 3.8) is 0 Å². The van der Waals surface area contributed by atoms with Gasteiger partial charge in [0.2, 0.25) is 6.79 Å². The lowest BCUT2D eigenvalue weighted by molar-refractivity contribution is -0.129. The van der Waals surface area contributed by atoms with E-state index in [0.29, 0.717) is 11.5 Å². The minimum absolute atomic E-state index is 0.144. The van der Waals surface area contributed by atoms with Crippen LogP contribution in [0.4, 0.5) is 8.78 Å². The Morgan fingerprint density at radius 3 is 2.58 bits per heavy atom. The molecule has 0 aliphatic carbocycles. The van der Waals surface area contributed by atoms with Crippen molar-refractivity contribution in [1.82, 2.24) is 5.32 Å². The zero-order valence-corrected chi connectivity index (χ0v) is 13.8. The number of nitrogens with one attached hydrogen (secondary N) is 1. The summed E-state index contributed by atoms with van der Waals surface area (Å²) in [5.41, 5.74) is -0.0794. The van der Waals surface area contributed by atoms with E-state index in [-0.39, 0.29) is 13.3 Å². The molecule has 8 heteroatoms. The van der Waals surface area contributed by atoms with Gasteiger partial charge in [-0.2, -0.15) is 0 Å². The Morgan fingerprint density at radius 1 is 1.15 bits per heavy atom. The zero-order valence-electron chi connectivity index (χ0n) is 13.8. The zero-order chi connectivity index (χ0) is 18.7. The lowest BCUT2D eigenvalue weighted by Crippen LogP contribution is -2.35. The second kappa shape index (κ2) is 7.38. The third-order valence-electron chi connectivity index (χ3n) is 3.72. The third-order valence-corrected chi connectivity index (χ3v) is 3.72. The molecule has 1 amide bonds. The molecule has 2 aromatic rings. The van der Waals surface area contributed by atoms with E-state index in [1.165, 1.54) is 6.92 Å². The van der Waals surface area contributed by atoms with Crippen LogP contribution in [0.3, 0.4) is 0 Å². The van der Waals surface area contributed by atoms with E-state index in [4.69, 9.17) is 14.2 Å². The summed E-state index contributed by atoms with van der Waals surface area (Å²) in [5, 5.41) is 2.58. The molecule has 1 N–H and O–H groups in total. The first-order chi connectivity index (χ1) is 12.5. The smallest absolute Gasteiger partial charge is 0.344 e. The van der Waals surface area contributed by atoms with Crippen molar-refractivity contribution >= 4 is 11.9 Å². The minimum atomic E-state index is -1.24. The molecular weight excluding hydrogens is 348 g/mol. The van der Waals surface area contributed by atoms with E-state index in [9.17, 15) is 18.4 Å². The molecule has 1 aliphatic rings. The number of ether oxygens (including phenoxy) is 3. The first kappa shape index (κ1) is 17.7. The number of hydrogen-bond donors (Lipinski definition) is 1. The van der Waals surface area contributed by atoms with Gasteiger partial charge in [-0.05, 0) is 36.8 Å². The fourth-order valence-electron chi connectivity index (χ4n) is 2.35. The van der Waals surface area contributed by atoms with Crippen molar-refractivity contribution in [2.24, 2.45) is 0 Å². The van der Waals surface area contributed by atoms with E-state index in [1.807, 2.05) is 0 Å². The summed E-state index contributed by atoms with van der Waals surface area (Å²) in [5.74, 6) is -2.76. The van der Waals surface area contributed by atoms with Crippen molar-refractivity contribution in [3.05, 3.63) is 59.2 Å². The molecule has 3 rings (SSSR count). The monoisotopic (exact) mass is 363 g/mol. The molecule has 0 bridgehead atoms. The van der Waals surface area contributed by atoms with Gasteiger partial charge >= 0.3 is 5.97 Å². The molecule has 0 radical (unpaired) electrons. The first-order valence-electron chi connectivity index (χ1n) is 7.77. The number of hydrogen-bond acceptors (Lipinski definition) is 5. The van der Waals surface area contributed by atoms with Crippen molar-refractivity contribution in [3.8, 4) is 11.5 Å². The fourth-order valence-corrected chi connectivity index (χ4v) is 2.35. The average Bonchev–Trinajstić information content (AvgIpc) is 3.07. The van der Waals surface area contributed by atoms with Gasteiger partial charge in [0.05, 0.1) is 0 Å². The Hall–Kier alpha value is -3.16. The Morgan fingerprint density at radius 2 is 1.85 bits per heavy atom. The molecule has 1 aliphatic heterocycles. The maximum atomic E-state index is 13.6. The van der Waals surface area contributed by atoms with E-state index in [1.54, 1.807) is 18.2 Å². The molecule has 1 heterocycles. The number of carbonyl (C=O) groups is 2. The molecular formula is C18H15F2NO5. The second-order valence-electron chi connectivity index (χ2n) is 5.55. The van der Waals surface area contributed by atoms with Crippen LogP contribution in [0, 0.1) is 11.6 Å². The molecule has 0 saturated heterocycles. The van der Waals surface area contributed by atoms with Crippen LogP contribution < -0.4 is 14.8 Å². The van der Waals surface area contributed by atoms with Gasteiger partial charge in [-0.25, -0.2) is 13.6 Å². The largest absolute Gasteiger partial charge is 0.454 e. The van der Waals surface area contributed by atoms with Crippen molar-refractivity contribution in [1.29, 1.82) is 0 Å². The second-order valence-corrected chi connectivity index (χ2v) is 5.55. The standard InChI is InChI=1S/C18H15F2NO5/c1-10(26-18(23)16-12(19)3-2-4-13(16)20)17(22)21-8-11-5-6-14-15(7-11)25-9-24-14/h2-7,10H,8-9H2,1H3,(H,21,22)/t10-/m1/s1. The van der Waals surface area contributed by atoms with E-state index >= 15 is 0 Å². The van der Waals surface area contributed by atoms with Crippen LogP contribution in [0.2, 0.25) is 0 Å². The SMILES string of the molecule is C[C@@H](OC(=O)c1c(F)cccc1F)C(=O)NCc1ccc2c(c1)OCO2. The first-order valence-corrected chi connectivity index (χ1v) is 7.77. The van der Waals surface area contributed by atoms with Gasteiger partial charge < -0.3 is 19.5 Å². The van der Waals surface area contributed by atoms with Crippen LogP contribution in [0.25, 0.3) is 0 Å². The third kappa shape index (κ3) is 3.74. The summed E-state index contributed by atoms with van der Waals surface area (Å²) in [6.07, 6.45) is -1.23. The van der Waals surface area contributed by atoms with Gasteiger partial charge in [0.1, 0.15) is 17.2 Å². The topological polar surface area (TPSA) is 73.9 Å². The summed E-state index contributed by atoms with van der Waals surface area (Å²) >= 11 is 0. The lowest BCUT2D eigenvalue weighted by atomic mass is 10.2. The molecule has 0 spiro atoms. The Balaban J connectivity index is 1.57. The number of carbonyl (C=O) groups excluding carboxylic acids is 2. The number of amides is 1. The predicted octanol–water partition coefficient (Wildman–Crippen LogP) is 2.56. The maximum Gasteiger partial charge on any atom is 0.344 e. The number of halogens is 2. The number of esters is 1. The minimum Gasteiger partial charge on any atom is -0.454 e. The maximum absolute atomic E-state index is 13.6. The van der Waals surface area contributed by atoms with Crippen LogP contribution in [0.5, 0.6) is 11.5 Å². The van der Waals surface area contributed by atoms with Crippen LogP contribution in [0.15, 0.2) is 36.4 Å². The van der Waals surface area contributed by atoms with Gasteiger partial charge in [0.15, 0.2) is 17.6 Å². The number of rotatable bonds is 5. The fraction of sp³-hybridized carbons (Fsp3) is 0.222. The van der Waals surface area contributed by atoms with Crippen LogP contribution in [0.1, 0.15) is 22.8 Å². The van der Waals surface area contributed by atoms with Gasteiger partial charge in [-0.1, -0.05) is 12.1 Å². The van der Waals surface area contributed by atoms with E-state index < -0.39 is 35.2 Å². The molecule has 1 atom stereocenters. The van der Waals surface area contributed by atoms with Crippen molar-refractivity contribution in [2.75, 3.05) is 6.79 Å². The number of benzene rings is 2. The van der Waals surface area contributed by atoms with Gasteiger partial charge in [0, 0.05) is 6.54 Å². The molecule has 0 fully saturated rings. The molecule has 2 aromatic carbocycles. The predicted molar refractivity (Wildman–Crippen MR) is 85.6 cm³/mol. The van der Waals surface area contributed by atoms with Crippen molar-refractivity contribution in [2.45, 2.75) is 19.6 Å². The van der Waals surface area contributed by atoms with E-state index in [0.717, 1.165) is 23.8 Å². The van der Waals surface area contributed by atoms with Crippen molar-refractivity contribution < 1.29 is 32.6 Å². The molecule has 26 heavy (non-hydrogen) atoms. The van der Waals surface area contributed by atoms with Gasteiger partial charge in [0.25, 0.3) is 5.91 Å². The normalized spacial score (nSPS) is 13.2. The highest BCUT2D eigenvalue weighted by molar-refractivity contribution is 5.92. The number of fused-ring (bicyclic) bond motifs is 1. The summed E-state index contributed by atoms with van der Waals surface area (Å²) in [6.45, 7) is 1.61. The van der Waals surface area contributed by atoms with E-state index in [2.05, 4.69) is 5.32 Å². The Bertz CT molecular complexity index is 835. The highest BCUT2D eigenvalue weighted by Gasteiger charge is 2.24. The molecule has 0 aromatic heterocycles. The molecule has 0 saturated carbocycles. The summed E-state index contributed by atoms with van der Waals surface area (Å²) in [7, 11) is 0. The average molecular weight is 363 g/mol. The Labute approximate surface area is 147 Å². The molecule has 136 valence electrons. The summed E-state index contributed by atoms with van der Waals surface area (Å²) in [6, 6.07) is 8.18. The highest BCUT2D eigenvalue weighted by atomic mass is 19.1. The summed E-state index contributed by atoms with van der Waals surface area (Å²) in [4.78, 5) is 23.9. The Kier molecular flexibility index (Phi) is 5.01. The van der Waals surface area contributed by atoms with Gasteiger partial charge in [-0.15, -0.1) is 0 Å². The van der Waals surface area contributed by atoms with Gasteiger partial charge in [-0.3, -0.25) is 4.79 Å². The van der Waals surface area contributed by atoms with Crippen LogP contribution >= 0.6 is 0 Å². The van der Waals surface area contributed by atoms with Crippen LogP contribution in [-0.4, -0.2) is 24.8 Å².